The van der Waals surface area contributed by atoms with Crippen LogP contribution in [0.1, 0.15) is 28.8 Å². The molecule has 1 unspecified atom stereocenters. The lowest BCUT2D eigenvalue weighted by molar-refractivity contribution is -0.159. The molecule has 1 aliphatic rings. The Morgan fingerprint density at radius 1 is 0.800 bits per heavy atom. The van der Waals surface area contributed by atoms with Crippen LogP contribution in [0.3, 0.4) is 0 Å². The highest BCUT2D eigenvalue weighted by Crippen LogP contribution is 2.30. The van der Waals surface area contributed by atoms with E-state index in [-0.39, 0.29) is 18.6 Å². The molecule has 0 saturated carbocycles. The molecule has 0 saturated heterocycles. The average Bonchev–Trinajstić information content (AvgIpc) is 2.89. The fraction of sp³-hybridized carbons (Fsp3) is 0.172. The van der Waals surface area contributed by atoms with Crippen molar-refractivity contribution in [2.45, 2.75) is 18.4 Å². The molecule has 2 N–H and O–H groups in total. The zero-order chi connectivity index (χ0) is 24.7. The van der Waals surface area contributed by atoms with Gasteiger partial charge in [-0.1, -0.05) is 66.7 Å². The van der Waals surface area contributed by atoms with Gasteiger partial charge in [0, 0.05) is 12.8 Å². The molecular formula is C29H26O6. The lowest BCUT2D eigenvalue weighted by Gasteiger charge is -2.28. The molecule has 4 rings (SSSR count). The van der Waals surface area contributed by atoms with E-state index < -0.39 is 17.5 Å². The number of aliphatic carboxylic acids is 1. The molecule has 35 heavy (non-hydrogen) atoms. The highest BCUT2D eigenvalue weighted by atomic mass is 16.5. The highest BCUT2D eigenvalue weighted by molar-refractivity contribution is 5.88. The number of aromatic carboxylic acids is 1. The van der Waals surface area contributed by atoms with E-state index in [9.17, 15) is 14.7 Å². The second-order valence-corrected chi connectivity index (χ2v) is 8.21. The Hall–Kier alpha value is -4.16. The van der Waals surface area contributed by atoms with E-state index >= 15 is 0 Å². The standard InChI is InChI=1S/C29H26O6/c30-27(31)25-9-7-22(8-10-25)23-11-13-26(14-12-23)34-19-4-20-35-29(28(32)33)17-15-24(16-18-29)21-5-2-1-3-6-21/h1-3,5-17H,4,18-20H2,(H,30,31)(H,32,33). The molecule has 0 bridgehead atoms. The third-order valence-electron chi connectivity index (χ3n) is 5.86. The van der Waals surface area contributed by atoms with Crippen LogP contribution in [-0.4, -0.2) is 41.0 Å². The summed E-state index contributed by atoms with van der Waals surface area (Å²) >= 11 is 0. The van der Waals surface area contributed by atoms with Crippen LogP contribution < -0.4 is 4.74 Å². The Balaban J connectivity index is 1.25. The van der Waals surface area contributed by atoms with Crippen LogP contribution in [-0.2, 0) is 9.53 Å². The van der Waals surface area contributed by atoms with E-state index in [4.69, 9.17) is 14.6 Å². The molecule has 3 aromatic carbocycles. The fourth-order valence-electron chi connectivity index (χ4n) is 3.85. The maximum absolute atomic E-state index is 11.9. The van der Waals surface area contributed by atoms with Crippen molar-refractivity contribution < 1.29 is 29.3 Å². The van der Waals surface area contributed by atoms with E-state index in [1.54, 1.807) is 36.4 Å². The molecule has 178 valence electrons. The molecular weight excluding hydrogens is 444 g/mol. The van der Waals surface area contributed by atoms with Crippen molar-refractivity contribution in [2.24, 2.45) is 0 Å². The minimum absolute atomic E-state index is 0.247. The summed E-state index contributed by atoms with van der Waals surface area (Å²) < 4.78 is 11.6. The van der Waals surface area contributed by atoms with Gasteiger partial charge in [0.1, 0.15) is 5.75 Å². The minimum atomic E-state index is -1.36. The molecule has 1 aliphatic carbocycles. The number of hydrogen-bond acceptors (Lipinski definition) is 4. The number of rotatable bonds is 10. The molecule has 0 amide bonds. The van der Waals surface area contributed by atoms with Crippen molar-refractivity contribution in [1.82, 2.24) is 0 Å². The predicted octanol–water partition coefficient (Wildman–Crippen LogP) is 5.70. The van der Waals surface area contributed by atoms with Gasteiger partial charge in [-0.25, -0.2) is 9.59 Å². The smallest absolute Gasteiger partial charge is 0.340 e. The van der Waals surface area contributed by atoms with Crippen molar-refractivity contribution in [2.75, 3.05) is 13.2 Å². The molecule has 0 fully saturated rings. The topological polar surface area (TPSA) is 93.1 Å². The number of benzene rings is 3. The normalized spacial score (nSPS) is 17.0. The molecule has 0 aromatic heterocycles. The van der Waals surface area contributed by atoms with E-state index in [1.165, 1.54) is 0 Å². The zero-order valence-electron chi connectivity index (χ0n) is 19.1. The third-order valence-corrected chi connectivity index (χ3v) is 5.86. The van der Waals surface area contributed by atoms with Crippen LogP contribution in [0, 0.1) is 0 Å². The third kappa shape index (κ3) is 5.86. The maximum atomic E-state index is 11.9. The monoisotopic (exact) mass is 470 g/mol. The van der Waals surface area contributed by atoms with Crippen molar-refractivity contribution in [3.05, 3.63) is 108 Å². The van der Waals surface area contributed by atoms with Gasteiger partial charge in [0.15, 0.2) is 5.60 Å². The van der Waals surface area contributed by atoms with Crippen molar-refractivity contribution in [3.63, 3.8) is 0 Å². The first-order valence-electron chi connectivity index (χ1n) is 11.4. The van der Waals surface area contributed by atoms with Gasteiger partial charge in [0.25, 0.3) is 0 Å². The summed E-state index contributed by atoms with van der Waals surface area (Å²) in [5.41, 5.74) is 2.77. The Labute approximate surface area is 203 Å². The Morgan fingerprint density at radius 3 is 2.03 bits per heavy atom. The van der Waals surface area contributed by atoms with Gasteiger partial charge in [0.2, 0.25) is 0 Å². The van der Waals surface area contributed by atoms with Crippen molar-refractivity contribution in [3.8, 4) is 16.9 Å². The Kier molecular flexibility index (Phi) is 7.43. The molecule has 1 atom stereocenters. The Bertz CT molecular complexity index is 1230. The van der Waals surface area contributed by atoms with Crippen LogP contribution >= 0.6 is 0 Å². The molecule has 0 radical (unpaired) electrons. The largest absolute Gasteiger partial charge is 0.494 e. The van der Waals surface area contributed by atoms with Crippen LogP contribution in [0.2, 0.25) is 0 Å². The summed E-state index contributed by atoms with van der Waals surface area (Å²) in [5.74, 6) is -1.27. The summed E-state index contributed by atoms with van der Waals surface area (Å²) in [7, 11) is 0. The predicted molar refractivity (Wildman–Crippen MR) is 133 cm³/mol. The molecule has 0 aliphatic heterocycles. The van der Waals surface area contributed by atoms with Gasteiger partial charge >= 0.3 is 11.9 Å². The number of carboxylic acid groups (broad SMARTS) is 2. The number of allylic oxidation sites excluding steroid dienone is 2. The lowest BCUT2D eigenvalue weighted by Crippen LogP contribution is -2.40. The van der Waals surface area contributed by atoms with E-state index in [0.29, 0.717) is 18.8 Å². The van der Waals surface area contributed by atoms with Gasteiger partial charge < -0.3 is 19.7 Å². The van der Waals surface area contributed by atoms with Crippen LogP contribution in [0.25, 0.3) is 16.7 Å². The number of ether oxygens (including phenoxy) is 2. The fourth-order valence-corrected chi connectivity index (χ4v) is 3.85. The van der Waals surface area contributed by atoms with E-state index in [0.717, 1.165) is 22.3 Å². The van der Waals surface area contributed by atoms with Crippen molar-refractivity contribution in [1.29, 1.82) is 0 Å². The maximum Gasteiger partial charge on any atom is 0.340 e. The summed E-state index contributed by atoms with van der Waals surface area (Å²) in [6.07, 6.45) is 6.13. The second kappa shape index (κ2) is 10.8. The van der Waals surface area contributed by atoms with Crippen LogP contribution in [0.15, 0.2) is 97.1 Å². The molecule has 6 heteroatoms. The average molecular weight is 471 g/mol. The number of carboxylic acids is 2. The summed E-state index contributed by atoms with van der Waals surface area (Å²) in [4.78, 5) is 22.9. The minimum Gasteiger partial charge on any atom is -0.494 e. The highest BCUT2D eigenvalue weighted by Gasteiger charge is 2.37. The first-order valence-corrected chi connectivity index (χ1v) is 11.4. The molecule has 0 heterocycles. The van der Waals surface area contributed by atoms with Gasteiger partial charge in [-0.3, -0.25) is 0 Å². The molecule has 3 aromatic rings. The summed E-state index contributed by atoms with van der Waals surface area (Å²) in [5, 5.41) is 18.8. The van der Waals surface area contributed by atoms with Gasteiger partial charge in [-0.05, 0) is 52.6 Å². The van der Waals surface area contributed by atoms with E-state index in [2.05, 4.69) is 0 Å². The number of hydrogen-bond donors (Lipinski definition) is 2. The summed E-state index contributed by atoms with van der Waals surface area (Å²) in [6, 6.07) is 24.0. The van der Waals surface area contributed by atoms with Gasteiger partial charge in [0.05, 0.1) is 18.8 Å². The first kappa shape index (κ1) is 24.0. The first-order chi connectivity index (χ1) is 17.0. The zero-order valence-corrected chi connectivity index (χ0v) is 19.1. The quantitative estimate of drug-likeness (QED) is 0.369. The van der Waals surface area contributed by atoms with E-state index in [1.807, 2.05) is 60.7 Å². The van der Waals surface area contributed by atoms with Gasteiger partial charge in [-0.15, -0.1) is 0 Å². The SMILES string of the molecule is O=C(O)c1ccc(-c2ccc(OCCCOC3(C(=O)O)C=CC(c4ccccc4)=CC3)cc2)cc1. The van der Waals surface area contributed by atoms with Crippen LogP contribution in [0.5, 0.6) is 5.75 Å². The van der Waals surface area contributed by atoms with Crippen molar-refractivity contribution >= 4 is 17.5 Å². The summed E-state index contributed by atoms with van der Waals surface area (Å²) in [6.45, 7) is 0.635. The molecule has 0 spiro atoms. The second-order valence-electron chi connectivity index (χ2n) is 8.21. The van der Waals surface area contributed by atoms with Crippen LogP contribution in [0.4, 0.5) is 0 Å². The Morgan fingerprint density at radius 2 is 1.46 bits per heavy atom. The number of carbonyl (C=O) groups is 2. The lowest BCUT2D eigenvalue weighted by atomic mass is 9.89. The molecule has 6 nitrogen and oxygen atoms in total. The van der Waals surface area contributed by atoms with Gasteiger partial charge in [-0.2, -0.15) is 0 Å².